The molecule has 0 spiro atoms. The van der Waals surface area contributed by atoms with E-state index in [9.17, 15) is 9.59 Å². The molecule has 138 valence electrons. The van der Waals surface area contributed by atoms with Gasteiger partial charge in [0.2, 0.25) is 5.91 Å². The standard InChI is InChI=1S/C22H23N3O2/c1-15-7-2-5-12-20(15)25-21(26)14-13-19(24-25)22(27)23-18-11-6-9-16-8-3-4-10-17(16)18/h2-5,7-8,10,12-13,18,24H,6,9,11,14H2,1H3,(H,23,27)/t18-/m0/s1. The normalized spacial score (nSPS) is 19.0. The van der Waals surface area contributed by atoms with Crippen LogP contribution in [0.1, 0.15) is 42.0 Å². The zero-order valence-corrected chi connectivity index (χ0v) is 15.4. The van der Waals surface area contributed by atoms with Gasteiger partial charge in [-0.15, -0.1) is 0 Å². The van der Waals surface area contributed by atoms with Crippen molar-refractivity contribution < 1.29 is 9.59 Å². The number of carbonyl (C=O) groups is 2. The zero-order valence-electron chi connectivity index (χ0n) is 15.4. The summed E-state index contributed by atoms with van der Waals surface area (Å²) in [4.78, 5) is 25.2. The van der Waals surface area contributed by atoms with E-state index in [0.717, 1.165) is 30.5 Å². The summed E-state index contributed by atoms with van der Waals surface area (Å²) in [7, 11) is 0. The van der Waals surface area contributed by atoms with Crippen molar-refractivity contribution in [1.29, 1.82) is 0 Å². The maximum absolute atomic E-state index is 12.9. The second-order valence-corrected chi connectivity index (χ2v) is 7.07. The van der Waals surface area contributed by atoms with Gasteiger partial charge in [-0.05, 0) is 55.0 Å². The molecule has 5 nitrogen and oxygen atoms in total. The Hall–Kier alpha value is -3.08. The highest BCUT2D eigenvalue weighted by Gasteiger charge is 2.27. The van der Waals surface area contributed by atoms with Gasteiger partial charge in [0.25, 0.3) is 5.91 Å². The summed E-state index contributed by atoms with van der Waals surface area (Å²) >= 11 is 0. The number of nitrogens with one attached hydrogen (secondary N) is 2. The summed E-state index contributed by atoms with van der Waals surface area (Å²) in [6, 6.07) is 15.9. The van der Waals surface area contributed by atoms with Crippen LogP contribution in [-0.4, -0.2) is 11.8 Å². The van der Waals surface area contributed by atoms with Crippen molar-refractivity contribution in [3.8, 4) is 0 Å². The Kier molecular flexibility index (Phi) is 4.67. The second-order valence-electron chi connectivity index (χ2n) is 7.07. The van der Waals surface area contributed by atoms with Crippen molar-refractivity contribution in [2.45, 2.75) is 38.6 Å². The fourth-order valence-corrected chi connectivity index (χ4v) is 3.80. The van der Waals surface area contributed by atoms with Crippen molar-refractivity contribution in [3.05, 3.63) is 77.0 Å². The number of hydrogen-bond donors (Lipinski definition) is 2. The van der Waals surface area contributed by atoms with Crippen LogP contribution in [0.2, 0.25) is 0 Å². The largest absolute Gasteiger partial charge is 0.344 e. The molecule has 0 unspecified atom stereocenters. The van der Waals surface area contributed by atoms with E-state index in [4.69, 9.17) is 0 Å². The van der Waals surface area contributed by atoms with E-state index in [1.807, 2.05) is 43.3 Å². The molecule has 2 aromatic rings. The number of para-hydroxylation sites is 1. The van der Waals surface area contributed by atoms with Gasteiger partial charge in [0.05, 0.1) is 11.7 Å². The Morgan fingerprint density at radius 2 is 1.93 bits per heavy atom. The molecule has 2 aliphatic rings. The van der Waals surface area contributed by atoms with Crippen LogP contribution in [0.3, 0.4) is 0 Å². The van der Waals surface area contributed by atoms with Gasteiger partial charge in [0.15, 0.2) is 0 Å². The maximum Gasteiger partial charge on any atom is 0.269 e. The third-order valence-corrected chi connectivity index (χ3v) is 5.24. The topological polar surface area (TPSA) is 61.4 Å². The maximum atomic E-state index is 12.9. The van der Waals surface area contributed by atoms with Crippen molar-refractivity contribution in [2.75, 3.05) is 5.01 Å². The molecule has 0 saturated carbocycles. The van der Waals surface area contributed by atoms with Gasteiger partial charge in [0, 0.05) is 6.42 Å². The lowest BCUT2D eigenvalue weighted by molar-refractivity contribution is -0.120. The number of aryl methyl sites for hydroxylation is 2. The summed E-state index contributed by atoms with van der Waals surface area (Å²) in [5.41, 5.74) is 7.66. The SMILES string of the molecule is Cc1ccccc1N1NC(C(=O)N[C@H]2CCCc3ccccc32)=CCC1=O. The third-order valence-electron chi connectivity index (χ3n) is 5.24. The van der Waals surface area contributed by atoms with Crippen molar-refractivity contribution in [1.82, 2.24) is 10.7 Å². The number of hydrogen-bond acceptors (Lipinski definition) is 3. The van der Waals surface area contributed by atoms with Gasteiger partial charge in [-0.1, -0.05) is 42.5 Å². The predicted molar refractivity (Wildman–Crippen MR) is 105 cm³/mol. The predicted octanol–water partition coefficient (Wildman–Crippen LogP) is 3.31. The molecule has 27 heavy (non-hydrogen) atoms. The molecule has 0 aromatic heterocycles. The lowest BCUT2D eigenvalue weighted by Crippen LogP contribution is -2.49. The highest BCUT2D eigenvalue weighted by atomic mass is 16.2. The first-order chi connectivity index (χ1) is 13.1. The molecule has 1 atom stereocenters. The average Bonchev–Trinajstić information content (AvgIpc) is 2.69. The van der Waals surface area contributed by atoms with E-state index >= 15 is 0 Å². The van der Waals surface area contributed by atoms with Gasteiger partial charge in [-0.2, -0.15) is 0 Å². The minimum atomic E-state index is -0.178. The molecular weight excluding hydrogens is 338 g/mol. The van der Waals surface area contributed by atoms with Crippen LogP contribution >= 0.6 is 0 Å². The number of hydrazine groups is 1. The first-order valence-electron chi connectivity index (χ1n) is 9.37. The summed E-state index contributed by atoms with van der Waals surface area (Å²) in [6.45, 7) is 1.95. The second kappa shape index (κ2) is 7.27. The van der Waals surface area contributed by atoms with E-state index in [-0.39, 0.29) is 24.3 Å². The van der Waals surface area contributed by atoms with Crippen molar-refractivity contribution >= 4 is 17.5 Å². The number of anilines is 1. The lowest BCUT2D eigenvalue weighted by Gasteiger charge is -2.31. The minimum Gasteiger partial charge on any atom is -0.344 e. The summed E-state index contributed by atoms with van der Waals surface area (Å²) in [5.74, 6) is -0.258. The van der Waals surface area contributed by atoms with Crippen molar-refractivity contribution in [3.63, 3.8) is 0 Å². The number of amides is 2. The number of nitrogens with zero attached hydrogens (tertiary/aromatic N) is 1. The third kappa shape index (κ3) is 3.45. The minimum absolute atomic E-state index is 0.00897. The molecule has 1 aliphatic carbocycles. The molecule has 2 N–H and O–H groups in total. The van der Waals surface area contributed by atoms with E-state index < -0.39 is 0 Å². The summed E-state index contributed by atoms with van der Waals surface area (Å²) < 4.78 is 0. The van der Waals surface area contributed by atoms with Gasteiger partial charge in [-0.25, -0.2) is 5.01 Å². The van der Waals surface area contributed by atoms with E-state index in [0.29, 0.717) is 5.70 Å². The molecule has 1 aliphatic heterocycles. The Morgan fingerprint density at radius 1 is 1.15 bits per heavy atom. The molecule has 0 fully saturated rings. The Bertz CT molecular complexity index is 919. The van der Waals surface area contributed by atoms with Gasteiger partial charge in [-0.3, -0.25) is 15.0 Å². The van der Waals surface area contributed by atoms with E-state index in [2.05, 4.69) is 22.9 Å². The monoisotopic (exact) mass is 361 g/mol. The Balaban J connectivity index is 1.52. The molecule has 0 radical (unpaired) electrons. The molecule has 2 aromatic carbocycles. The Morgan fingerprint density at radius 3 is 2.78 bits per heavy atom. The highest BCUT2D eigenvalue weighted by Crippen LogP contribution is 2.30. The molecule has 5 heteroatoms. The van der Waals surface area contributed by atoms with Gasteiger partial charge < -0.3 is 5.32 Å². The fraction of sp³-hybridized carbons (Fsp3) is 0.273. The van der Waals surface area contributed by atoms with Crippen LogP contribution in [-0.2, 0) is 16.0 Å². The molecule has 0 saturated heterocycles. The van der Waals surface area contributed by atoms with Crippen LogP contribution in [0.4, 0.5) is 5.69 Å². The highest BCUT2D eigenvalue weighted by molar-refractivity contribution is 6.01. The molecule has 4 rings (SSSR count). The van der Waals surface area contributed by atoms with Crippen LogP contribution in [0.25, 0.3) is 0 Å². The number of fused-ring (bicyclic) bond motifs is 1. The quantitative estimate of drug-likeness (QED) is 0.882. The van der Waals surface area contributed by atoms with Crippen LogP contribution in [0.15, 0.2) is 60.3 Å². The van der Waals surface area contributed by atoms with E-state index in [1.165, 1.54) is 16.1 Å². The first kappa shape index (κ1) is 17.3. The number of benzene rings is 2. The van der Waals surface area contributed by atoms with Crippen LogP contribution < -0.4 is 15.8 Å². The van der Waals surface area contributed by atoms with Gasteiger partial charge in [0.1, 0.15) is 5.70 Å². The van der Waals surface area contributed by atoms with Crippen LogP contribution in [0.5, 0.6) is 0 Å². The fourth-order valence-electron chi connectivity index (χ4n) is 3.80. The summed E-state index contributed by atoms with van der Waals surface area (Å²) in [6.07, 6.45) is 4.91. The molecule has 0 bridgehead atoms. The average molecular weight is 361 g/mol. The molecule has 2 amide bonds. The smallest absolute Gasteiger partial charge is 0.269 e. The number of carbonyl (C=O) groups excluding carboxylic acids is 2. The summed E-state index contributed by atoms with van der Waals surface area (Å²) in [5, 5.41) is 4.61. The molecular formula is C22H23N3O2. The molecule has 1 heterocycles. The van der Waals surface area contributed by atoms with Gasteiger partial charge >= 0.3 is 0 Å². The lowest BCUT2D eigenvalue weighted by atomic mass is 9.87. The zero-order chi connectivity index (χ0) is 18.8. The first-order valence-corrected chi connectivity index (χ1v) is 9.37. The van der Waals surface area contributed by atoms with Crippen molar-refractivity contribution in [2.24, 2.45) is 0 Å². The van der Waals surface area contributed by atoms with E-state index in [1.54, 1.807) is 6.08 Å². The van der Waals surface area contributed by atoms with Crippen LogP contribution in [0, 0.1) is 6.92 Å². The Labute approximate surface area is 159 Å². The number of rotatable bonds is 3.